The van der Waals surface area contributed by atoms with Gasteiger partial charge in [-0.2, -0.15) is 0 Å². The van der Waals surface area contributed by atoms with Crippen molar-refractivity contribution in [1.82, 2.24) is 19.3 Å². The summed E-state index contributed by atoms with van der Waals surface area (Å²) in [4.78, 5) is 11.5. The fourth-order valence-corrected chi connectivity index (χ4v) is 3.84. The molecule has 1 aliphatic rings. The SMILES string of the molecule is Brc1ccn2c(CN3CCC(Cc4ccccn4)CC3)cnc2c1. The molecule has 3 aromatic heterocycles. The van der Waals surface area contributed by atoms with Crippen molar-refractivity contribution in [3.8, 4) is 0 Å². The molecule has 0 spiro atoms. The number of aromatic nitrogens is 3. The first-order valence-electron chi connectivity index (χ1n) is 8.52. The largest absolute Gasteiger partial charge is 0.303 e. The van der Waals surface area contributed by atoms with Gasteiger partial charge in [0.15, 0.2) is 0 Å². The minimum Gasteiger partial charge on any atom is -0.303 e. The molecule has 0 aromatic carbocycles. The van der Waals surface area contributed by atoms with Crippen LogP contribution in [-0.4, -0.2) is 32.4 Å². The van der Waals surface area contributed by atoms with Crippen molar-refractivity contribution in [3.05, 3.63) is 64.8 Å². The molecule has 1 aliphatic heterocycles. The topological polar surface area (TPSA) is 33.4 Å². The molecule has 24 heavy (non-hydrogen) atoms. The fourth-order valence-electron chi connectivity index (χ4n) is 3.52. The predicted molar refractivity (Wildman–Crippen MR) is 98.8 cm³/mol. The zero-order valence-electron chi connectivity index (χ0n) is 13.6. The number of nitrogens with zero attached hydrogens (tertiary/aromatic N) is 4. The molecule has 0 atom stereocenters. The molecule has 4 heterocycles. The van der Waals surface area contributed by atoms with E-state index in [1.165, 1.54) is 24.2 Å². The first-order chi connectivity index (χ1) is 11.8. The zero-order chi connectivity index (χ0) is 16.4. The summed E-state index contributed by atoms with van der Waals surface area (Å²) in [6.07, 6.45) is 9.60. The lowest BCUT2D eigenvalue weighted by Crippen LogP contribution is -2.34. The van der Waals surface area contributed by atoms with Crippen LogP contribution in [0.25, 0.3) is 5.65 Å². The summed E-state index contributed by atoms with van der Waals surface area (Å²) in [5, 5.41) is 0. The molecule has 5 heteroatoms. The Bertz CT molecular complexity index is 807. The van der Waals surface area contributed by atoms with Crippen LogP contribution in [0.4, 0.5) is 0 Å². The molecule has 0 radical (unpaired) electrons. The second kappa shape index (κ2) is 7.03. The third-order valence-corrected chi connectivity index (χ3v) is 5.36. The summed E-state index contributed by atoms with van der Waals surface area (Å²) < 4.78 is 3.26. The Balaban J connectivity index is 1.36. The number of hydrogen-bond acceptors (Lipinski definition) is 3. The van der Waals surface area contributed by atoms with Crippen LogP contribution in [0.3, 0.4) is 0 Å². The lowest BCUT2D eigenvalue weighted by Gasteiger charge is -2.31. The van der Waals surface area contributed by atoms with Crippen LogP contribution in [-0.2, 0) is 13.0 Å². The molecule has 0 unspecified atom stereocenters. The van der Waals surface area contributed by atoms with Gasteiger partial charge in [0.2, 0.25) is 0 Å². The van der Waals surface area contributed by atoms with Crippen LogP contribution in [0.15, 0.2) is 53.4 Å². The van der Waals surface area contributed by atoms with Crippen molar-refractivity contribution in [2.45, 2.75) is 25.8 Å². The third-order valence-electron chi connectivity index (χ3n) is 4.87. The van der Waals surface area contributed by atoms with E-state index < -0.39 is 0 Å². The average Bonchev–Trinajstić information content (AvgIpc) is 2.99. The molecule has 124 valence electrons. The van der Waals surface area contributed by atoms with Gasteiger partial charge in [0, 0.05) is 29.1 Å². The Kier molecular flexibility index (Phi) is 4.63. The predicted octanol–water partition coefficient (Wildman–Crippen LogP) is 3.95. The minimum absolute atomic E-state index is 0.759. The molecule has 0 bridgehead atoms. The number of imidazole rings is 1. The number of hydrogen-bond donors (Lipinski definition) is 0. The van der Waals surface area contributed by atoms with Crippen LogP contribution in [0.1, 0.15) is 24.2 Å². The standard InChI is InChI=1S/C19H21BrN4/c20-16-6-10-24-18(13-22-19(24)12-16)14-23-8-4-15(5-9-23)11-17-3-1-2-7-21-17/h1-3,6-7,10,12-13,15H,4-5,8-9,11,14H2. The fraction of sp³-hybridized carbons (Fsp3) is 0.368. The first-order valence-corrected chi connectivity index (χ1v) is 9.31. The molecule has 0 saturated carbocycles. The van der Waals surface area contributed by atoms with Crippen molar-refractivity contribution in [2.75, 3.05) is 13.1 Å². The number of piperidine rings is 1. The van der Waals surface area contributed by atoms with Crippen LogP contribution >= 0.6 is 15.9 Å². The smallest absolute Gasteiger partial charge is 0.138 e. The van der Waals surface area contributed by atoms with Gasteiger partial charge in [-0.25, -0.2) is 4.98 Å². The van der Waals surface area contributed by atoms with Gasteiger partial charge in [-0.1, -0.05) is 22.0 Å². The molecule has 1 saturated heterocycles. The molecular formula is C19H21BrN4. The van der Waals surface area contributed by atoms with Gasteiger partial charge < -0.3 is 4.40 Å². The maximum Gasteiger partial charge on any atom is 0.138 e. The lowest BCUT2D eigenvalue weighted by atomic mass is 9.92. The molecular weight excluding hydrogens is 364 g/mol. The quantitative estimate of drug-likeness (QED) is 0.682. The van der Waals surface area contributed by atoms with E-state index in [4.69, 9.17) is 0 Å². The number of fused-ring (bicyclic) bond motifs is 1. The van der Waals surface area contributed by atoms with Gasteiger partial charge in [-0.15, -0.1) is 0 Å². The number of likely N-dealkylation sites (tertiary alicyclic amines) is 1. The van der Waals surface area contributed by atoms with Crippen LogP contribution < -0.4 is 0 Å². The van der Waals surface area contributed by atoms with Crippen molar-refractivity contribution in [2.24, 2.45) is 5.92 Å². The highest BCUT2D eigenvalue weighted by Crippen LogP contribution is 2.23. The highest BCUT2D eigenvalue weighted by molar-refractivity contribution is 9.10. The first kappa shape index (κ1) is 15.8. The molecule has 0 aliphatic carbocycles. The summed E-state index contributed by atoms with van der Waals surface area (Å²) in [5.74, 6) is 0.759. The van der Waals surface area contributed by atoms with Gasteiger partial charge in [0.05, 0.1) is 11.9 Å². The monoisotopic (exact) mass is 384 g/mol. The van der Waals surface area contributed by atoms with Crippen molar-refractivity contribution >= 4 is 21.6 Å². The Morgan fingerprint density at radius 3 is 2.79 bits per heavy atom. The second-order valence-electron chi connectivity index (χ2n) is 6.57. The summed E-state index contributed by atoms with van der Waals surface area (Å²) >= 11 is 3.51. The third kappa shape index (κ3) is 3.52. The van der Waals surface area contributed by atoms with E-state index in [9.17, 15) is 0 Å². The van der Waals surface area contributed by atoms with E-state index in [0.29, 0.717) is 0 Å². The Morgan fingerprint density at radius 1 is 1.12 bits per heavy atom. The van der Waals surface area contributed by atoms with E-state index in [-0.39, 0.29) is 0 Å². The van der Waals surface area contributed by atoms with Crippen LogP contribution in [0.5, 0.6) is 0 Å². The maximum absolute atomic E-state index is 4.51. The summed E-state index contributed by atoms with van der Waals surface area (Å²) in [6, 6.07) is 10.3. The molecule has 4 rings (SSSR count). The molecule has 3 aromatic rings. The van der Waals surface area contributed by atoms with Gasteiger partial charge in [0.1, 0.15) is 5.65 Å². The molecule has 1 fully saturated rings. The summed E-state index contributed by atoms with van der Waals surface area (Å²) in [7, 11) is 0. The lowest BCUT2D eigenvalue weighted by molar-refractivity contribution is 0.174. The molecule has 0 amide bonds. The minimum atomic E-state index is 0.759. The average molecular weight is 385 g/mol. The van der Waals surface area contributed by atoms with Crippen molar-refractivity contribution < 1.29 is 0 Å². The Labute approximate surface area is 150 Å². The van der Waals surface area contributed by atoms with E-state index in [1.54, 1.807) is 0 Å². The van der Waals surface area contributed by atoms with Crippen LogP contribution in [0, 0.1) is 5.92 Å². The van der Waals surface area contributed by atoms with Gasteiger partial charge in [-0.3, -0.25) is 9.88 Å². The van der Waals surface area contributed by atoms with Gasteiger partial charge >= 0.3 is 0 Å². The highest BCUT2D eigenvalue weighted by atomic mass is 79.9. The van der Waals surface area contributed by atoms with Gasteiger partial charge in [-0.05, 0) is 62.5 Å². The Morgan fingerprint density at radius 2 is 2.00 bits per heavy atom. The summed E-state index contributed by atoms with van der Waals surface area (Å²) in [6.45, 7) is 3.28. The molecule has 0 N–H and O–H groups in total. The van der Waals surface area contributed by atoms with Crippen molar-refractivity contribution in [3.63, 3.8) is 0 Å². The van der Waals surface area contributed by atoms with Crippen LogP contribution in [0.2, 0.25) is 0 Å². The normalized spacial score (nSPS) is 16.7. The maximum atomic E-state index is 4.51. The zero-order valence-corrected chi connectivity index (χ0v) is 15.2. The van der Waals surface area contributed by atoms with E-state index in [0.717, 1.165) is 42.1 Å². The van der Waals surface area contributed by atoms with E-state index >= 15 is 0 Å². The molecule has 4 nitrogen and oxygen atoms in total. The highest BCUT2D eigenvalue weighted by Gasteiger charge is 2.20. The van der Waals surface area contributed by atoms with E-state index in [2.05, 4.69) is 65.7 Å². The van der Waals surface area contributed by atoms with Gasteiger partial charge in [0.25, 0.3) is 0 Å². The summed E-state index contributed by atoms with van der Waals surface area (Å²) in [5.41, 5.74) is 3.49. The van der Waals surface area contributed by atoms with E-state index in [1.807, 2.05) is 18.5 Å². The Hall–Kier alpha value is -1.72. The second-order valence-corrected chi connectivity index (χ2v) is 7.48. The number of pyridine rings is 2. The number of rotatable bonds is 4. The number of halogens is 1. The van der Waals surface area contributed by atoms with Crippen molar-refractivity contribution in [1.29, 1.82) is 0 Å².